The van der Waals surface area contributed by atoms with E-state index in [0.717, 1.165) is 19.3 Å². The van der Waals surface area contributed by atoms with Crippen molar-refractivity contribution >= 4 is 17.7 Å². The molecule has 0 bridgehead atoms. The van der Waals surface area contributed by atoms with E-state index in [2.05, 4.69) is 10.6 Å². The standard InChI is InChI=1S/C22H24N2O5/c25-21(20-14-27-18-11-4-5-12-19(18)29-20)23-16-9-6-10-17(13-16)28-22(26)24-15-7-2-1-3-8-15/h1-5,7-8,11-12,16-17,20H,6,9-10,13-14H2,(H,23,25)(H,24,26)/t16-,17+,20-/m0/s1. The Hall–Kier alpha value is -3.22. The fraction of sp³-hybridized carbons (Fsp3) is 0.364. The third-order valence-corrected chi connectivity index (χ3v) is 5.07. The number of hydrogen-bond acceptors (Lipinski definition) is 5. The van der Waals surface area contributed by atoms with Gasteiger partial charge in [-0.1, -0.05) is 30.3 Å². The molecule has 29 heavy (non-hydrogen) atoms. The van der Waals surface area contributed by atoms with Gasteiger partial charge in [-0.2, -0.15) is 0 Å². The largest absolute Gasteiger partial charge is 0.485 e. The van der Waals surface area contributed by atoms with Crippen molar-refractivity contribution in [2.45, 2.75) is 43.9 Å². The van der Waals surface area contributed by atoms with Gasteiger partial charge in [-0.3, -0.25) is 10.1 Å². The van der Waals surface area contributed by atoms with Crippen molar-refractivity contribution in [1.29, 1.82) is 0 Å². The third kappa shape index (κ3) is 4.99. The highest BCUT2D eigenvalue weighted by molar-refractivity contribution is 5.84. The molecule has 0 saturated heterocycles. The summed E-state index contributed by atoms with van der Waals surface area (Å²) in [6, 6.07) is 16.4. The van der Waals surface area contributed by atoms with Crippen LogP contribution in [0.1, 0.15) is 25.7 Å². The first-order valence-corrected chi connectivity index (χ1v) is 9.89. The normalized spacial score (nSPS) is 23.0. The van der Waals surface area contributed by atoms with E-state index < -0.39 is 12.2 Å². The molecule has 1 aliphatic carbocycles. The van der Waals surface area contributed by atoms with Crippen LogP contribution in [0.5, 0.6) is 11.5 Å². The van der Waals surface area contributed by atoms with E-state index in [1.165, 1.54) is 0 Å². The first-order valence-electron chi connectivity index (χ1n) is 9.89. The molecule has 7 nitrogen and oxygen atoms in total. The van der Waals surface area contributed by atoms with Crippen molar-refractivity contribution in [3.05, 3.63) is 54.6 Å². The Morgan fingerprint density at radius 3 is 2.55 bits per heavy atom. The molecule has 2 amide bonds. The van der Waals surface area contributed by atoms with E-state index in [1.54, 1.807) is 18.2 Å². The number of amides is 2. The van der Waals surface area contributed by atoms with Crippen molar-refractivity contribution in [2.75, 3.05) is 11.9 Å². The molecule has 2 aromatic carbocycles. The molecule has 1 fully saturated rings. The number of nitrogens with one attached hydrogen (secondary N) is 2. The first-order chi connectivity index (χ1) is 14.2. The van der Waals surface area contributed by atoms with Gasteiger partial charge in [-0.05, 0) is 43.5 Å². The number of carbonyl (C=O) groups excluding carboxylic acids is 2. The van der Waals surface area contributed by atoms with Gasteiger partial charge in [-0.15, -0.1) is 0 Å². The Labute approximate surface area is 169 Å². The van der Waals surface area contributed by atoms with Crippen LogP contribution in [0.3, 0.4) is 0 Å². The molecule has 0 radical (unpaired) electrons. The first kappa shape index (κ1) is 19.1. The van der Waals surface area contributed by atoms with Crippen LogP contribution < -0.4 is 20.1 Å². The van der Waals surface area contributed by atoms with Gasteiger partial charge in [0.1, 0.15) is 12.7 Å². The van der Waals surface area contributed by atoms with E-state index in [1.807, 2.05) is 36.4 Å². The molecule has 0 spiro atoms. The Bertz CT molecular complexity index is 857. The fourth-order valence-electron chi connectivity index (χ4n) is 3.65. The Kier molecular flexibility index (Phi) is 5.84. The van der Waals surface area contributed by atoms with E-state index in [9.17, 15) is 9.59 Å². The molecule has 2 aliphatic rings. The Morgan fingerprint density at radius 2 is 1.72 bits per heavy atom. The number of para-hydroxylation sites is 3. The quantitative estimate of drug-likeness (QED) is 0.826. The maximum absolute atomic E-state index is 12.6. The van der Waals surface area contributed by atoms with Crippen molar-refractivity contribution in [3.8, 4) is 11.5 Å². The van der Waals surface area contributed by atoms with Gasteiger partial charge in [0.25, 0.3) is 5.91 Å². The molecule has 152 valence electrons. The molecule has 7 heteroatoms. The van der Waals surface area contributed by atoms with Gasteiger partial charge in [0, 0.05) is 18.2 Å². The van der Waals surface area contributed by atoms with Crippen LogP contribution in [-0.4, -0.2) is 36.9 Å². The second-order valence-electron chi connectivity index (χ2n) is 7.25. The lowest BCUT2D eigenvalue weighted by Crippen LogP contribution is -2.49. The summed E-state index contributed by atoms with van der Waals surface area (Å²) >= 11 is 0. The molecule has 4 rings (SSSR count). The molecule has 2 N–H and O–H groups in total. The summed E-state index contributed by atoms with van der Waals surface area (Å²) in [6.07, 6.45) is 1.68. The molecule has 3 atom stereocenters. The lowest BCUT2D eigenvalue weighted by molar-refractivity contribution is -0.131. The van der Waals surface area contributed by atoms with Crippen LogP contribution in [0, 0.1) is 0 Å². The summed E-state index contributed by atoms with van der Waals surface area (Å²) < 4.78 is 16.9. The third-order valence-electron chi connectivity index (χ3n) is 5.07. The topological polar surface area (TPSA) is 85.9 Å². The summed E-state index contributed by atoms with van der Waals surface area (Å²) in [5.74, 6) is 1.01. The number of hydrogen-bond donors (Lipinski definition) is 2. The monoisotopic (exact) mass is 396 g/mol. The minimum absolute atomic E-state index is 0.0634. The van der Waals surface area contributed by atoms with Crippen LogP contribution >= 0.6 is 0 Å². The van der Waals surface area contributed by atoms with E-state index in [-0.39, 0.29) is 24.7 Å². The fourth-order valence-corrected chi connectivity index (χ4v) is 3.65. The highest BCUT2D eigenvalue weighted by Gasteiger charge is 2.31. The van der Waals surface area contributed by atoms with Crippen LogP contribution in [-0.2, 0) is 9.53 Å². The SMILES string of the molecule is O=C(Nc1ccccc1)O[C@@H]1CCC[C@H](NC(=O)[C@@H]2COc3ccccc3O2)C1. The minimum Gasteiger partial charge on any atom is -0.485 e. The number of benzene rings is 2. The van der Waals surface area contributed by atoms with Gasteiger partial charge in [0.05, 0.1) is 0 Å². The van der Waals surface area contributed by atoms with Crippen molar-refractivity contribution in [1.82, 2.24) is 5.32 Å². The van der Waals surface area contributed by atoms with E-state index in [0.29, 0.717) is 23.6 Å². The highest BCUT2D eigenvalue weighted by Crippen LogP contribution is 2.31. The molecule has 1 aliphatic heterocycles. The van der Waals surface area contributed by atoms with Crippen LogP contribution in [0.2, 0.25) is 0 Å². The number of anilines is 1. The lowest BCUT2D eigenvalue weighted by Gasteiger charge is -2.31. The van der Waals surface area contributed by atoms with Crippen LogP contribution in [0.15, 0.2) is 54.6 Å². The van der Waals surface area contributed by atoms with Gasteiger partial charge in [0.15, 0.2) is 11.5 Å². The number of ether oxygens (including phenoxy) is 3. The molecule has 1 heterocycles. The van der Waals surface area contributed by atoms with E-state index in [4.69, 9.17) is 14.2 Å². The highest BCUT2D eigenvalue weighted by atomic mass is 16.6. The summed E-state index contributed by atoms with van der Waals surface area (Å²) in [7, 11) is 0. The zero-order valence-electron chi connectivity index (χ0n) is 16.0. The second kappa shape index (κ2) is 8.86. The van der Waals surface area contributed by atoms with Gasteiger partial charge in [0.2, 0.25) is 6.10 Å². The summed E-state index contributed by atoms with van der Waals surface area (Å²) in [5, 5.41) is 5.74. The molecular formula is C22H24N2O5. The maximum atomic E-state index is 12.6. The molecule has 0 aromatic heterocycles. The van der Waals surface area contributed by atoms with Crippen molar-refractivity contribution < 1.29 is 23.8 Å². The second-order valence-corrected chi connectivity index (χ2v) is 7.25. The van der Waals surface area contributed by atoms with Crippen LogP contribution in [0.25, 0.3) is 0 Å². The predicted octanol–water partition coefficient (Wildman–Crippen LogP) is 3.50. The minimum atomic E-state index is -0.687. The average molecular weight is 396 g/mol. The number of carbonyl (C=O) groups is 2. The zero-order chi connectivity index (χ0) is 20.1. The molecule has 1 saturated carbocycles. The average Bonchev–Trinajstić information content (AvgIpc) is 2.74. The molecule has 2 aromatic rings. The van der Waals surface area contributed by atoms with Gasteiger partial charge in [-0.25, -0.2) is 4.79 Å². The van der Waals surface area contributed by atoms with Gasteiger partial charge >= 0.3 is 6.09 Å². The van der Waals surface area contributed by atoms with Gasteiger partial charge < -0.3 is 19.5 Å². The predicted molar refractivity (Wildman–Crippen MR) is 107 cm³/mol. The number of fused-ring (bicyclic) bond motifs is 1. The number of rotatable bonds is 4. The molecule has 0 unspecified atom stereocenters. The molecular weight excluding hydrogens is 372 g/mol. The smallest absolute Gasteiger partial charge is 0.411 e. The summed E-state index contributed by atoms with van der Waals surface area (Å²) in [5.41, 5.74) is 0.688. The van der Waals surface area contributed by atoms with Crippen LogP contribution in [0.4, 0.5) is 10.5 Å². The van der Waals surface area contributed by atoms with Crippen molar-refractivity contribution in [2.24, 2.45) is 0 Å². The summed E-state index contributed by atoms with van der Waals surface area (Å²) in [4.78, 5) is 24.7. The van der Waals surface area contributed by atoms with E-state index >= 15 is 0 Å². The summed E-state index contributed by atoms with van der Waals surface area (Å²) in [6.45, 7) is 0.176. The Balaban J connectivity index is 1.26. The Morgan fingerprint density at radius 1 is 0.966 bits per heavy atom. The maximum Gasteiger partial charge on any atom is 0.411 e. The van der Waals surface area contributed by atoms with Crippen molar-refractivity contribution in [3.63, 3.8) is 0 Å². The lowest BCUT2D eigenvalue weighted by atomic mass is 9.92. The zero-order valence-corrected chi connectivity index (χ0v) is 16.0.